The van der Waals surface area contributed by atoms with Gasteiger partial charge in [-0.15, -0.1) is 0 Å². The van der Waals surface area contributed by atoms with Gasteiger partial charge >= 0.3 is 5.69 Å². The van der Waals surface area contributed by atoms with Crippen LogP contribution >= 0.6 is 0 Å². The number of aromatic amines is 2. The molecule has 3 N–H and O–H groups in total. The molecule has 0 radical (unpaired) electrons. The molecule has 1 amide bonds. The molecule has 94 valence electrons. The van der Waals surface area contributed by atoms with Crippen LogP contribution in [0.1, 0.15) is 30.3 Å². The number of piperidine rings is 1. The minimum atomic E-state index is -0.338. The highest BCUT2D eigenvalue weighted by atomic mass is 16.2. The van der Waals surface area contributed by atoms with Crippen LogP contribution in [0.2, 0.25) is 0 Å². The Bertz CT molecular complexity index is 431. The van der Waals surface area contributed by atoms with Crippen molar-refractivity contribution < 1.29 is 4.79 Å². The molecule has 0 aliphatic carbocycles. The third-order valence-corrected chi connectivity index (χ3v) is 3.18. The SMILES string of the molecule is CCN(C(=O)c1c[nH]c(=O)[nH]1)C1CCNCC1. The van der Waals surface area contributed by atoms with Gasteiger partial charge in [0.1, 0.15) is 5.69 Å². The molecular formula is C11H18N4O2. The summed E-state index contributed by atoms with van der Waals surface area (Å²) < 4.78 is 0. The molecule has 6 heteroatoms. The fraction of sp³-hybridized carbons (Fsp3) is 0.636. The first-order chi connectivity index (χ1) is 8.22. The highest BCUT2D eigenvalue weighted by Crippen LogP contribution is 2.13. The van der Waals surface area contributed by atoms with Crippen LogP contribution in [-0.4, -0.2) is 46.5 Å². The number of H-pyrrole nitrogens is 2. The van der Waals surface area contributed by atoms with Gasteiger partial charge in [0.25, 0.3) is 5.91 Å². The van der Waals surface area contributed by atoms with Crippen molar-refractivity contribution in [2.75, 3.05) is 19.6 Å². The average Bonchev–Trinajstić information content (AvgIpc) is 2.78. The van der Waals surface area contributed by atoms with E-state index in [1.165, 1.54) is 6.20 Å². The summed E-state index contributed by atoms with van der Waals surface area (Å²) in [5.74, 6) is -0.0993. The van der Waals surface area contributed by atoms with Crippen molar-refractivity contribution >= 4 is 5.91 Å². The Morgan fingerprint density at radius 1 is 1.47 bits per heavy atom. The van der Waals surface area contributed by atoms with Crippen LogP contribution in [0.25, 0.3) is 0 Å². The number of amides is 1. The zero-order valence-electron chi connectivity index (χ0n) is 9.95. The van der Waals surface area contributed by atoms with E-state index in [1.54, 1.807) is 0 Å². The van der Waals surface area contributed by atoms with Crippen LogP contribution < -0.4 is 11.0 Å². The van der Waals surface area contributed by atoms with Gasteiger partial charge < -0.3 is 20.2 Å². The minimum Gasteiger partial charge on any atom is -0.335 e. The van der Waals surface area contributed by atoms with Gasteiger partial charge in [0.2, 0.25) is 0 Å². The lowest BCUT2D eigenvalue weighted by Crippen LogP contribution is -2.46. The van der Waals surface area contributed by atoms with Crippen molar-refractivity contribution in [3.05, 3.63) is 22.4 Å². The second-order valence-corrected chi connectivity index (χ2v) is 4.23. The molecule has 0 aromatic carbocycles. The molecule has 1 saturated heterocycles. The summed E-state index contributed by atoms with van der Waals surface area (Å²) >= 11 is 0. The van der Waals surface area contributed by atoms with Crippen molar-refractivity contribution in [3.8, 4) is 0 Å². The molecule has 1 aliphatic heterocycles. The molecule has 1 aliphatic rings. The maximum atomic E-state index is 12.2. The first-order valence-corrected chi connectivity index (χ1v) is 6.01. The first kappa shape index (κ1) is 11.9. The maximum Gasteiger partial charge on any atom is 0.323 e. The highest BCUT2D eigenvalue weighted by molar-refractivity contribution is 5.92. The van der Waals surface area contributed by atoms with Crippen LogP contribution in [-0.2, 0) is 0 Å². The largest absolute Gasteiger partial charge is 0.335 e. The van der Waals surface area contributed by atoms with Gasteiger partial charge in [-0.25, -0.2) is 4.79 Å². The lowest BCUT2D eigenvalue weighted by molar-refractivity contribution is 0.0650. The lowest BCUT2D eigenvalue weighted by atomic mass is 10.0. The van der Waals surface area contributed by atoms with E-state index in [9.17, 15) is 9.59 Å². The second kappa shape index (κ2) is 5.18. The van der Waals surface area contributed by atoms with Crippen LogP contribution in [0, 0.1) is 0 Å². The first-order valence-electron chi connectivity index (χ1n) is 6.01. The minimum absolute atomic E-state index is 0.0993. The molecule has 1 fully saturated rings. The van der Waals surface area contributed by atoms with Gasteiger partial charge in [-0.3, -0.25) is 4.79 Å². The van der Waals surface area contributed by atoms with E-state index in [0.29, 0.717) is 12.2 Å². The van der Waals surface area contributed by atoms with Gasteiger partial charge in [0.05, 0.1) is 0 Å². The maximum absolute atomic E-state index is 12.2. The monoisotopic (exact) mass is 238 g/mol. The van der Waals surface area contributed by atoms with Crippen molar-refractivity contribution in [1.82, 2.24) is 20.2 Å². The molecule has 1 aromatic heterocycles. The van der Waals surface area contributed by atoms with Crippen molar-refractivity contribution in [1.29, 1.82) is 0 Å². The summed E-state index contributed by atoms with van der Waals surface area (Å²) in [4.78, 5) is 30.0. The lowest BCUT2D eigenvalue weighted by Gasteiger charge is -2.33. The Balaban J connectivity index is 2.11. The topological polar surface area (TPSA) is 81.0 Å². The Kier molecular flexibility index (Phi) is 3.63. The van der Waals surface area contributed by atoms with E-state index < -0.39 is 0 Å². The molecule has 1 aromatic rings. The van der Waals surface area contributed by atoms with Crippen LogP contribution in [0.4, 0.5) is 0 Å². The van der Waals surface area contributed by atoms with Gasteiger partial charge in [0, 0.05) is 18.8 Å². The number of carbonyl (C=O) groups excluding carboxylic acids is 1. The van der Waals surface area contributed by atoms with Crippen LogP contribution in [0.3, 0.4) is 0 Å². The zero-order chi connectivity index (χ0) is 12.3. The fourth-order valence-electron chi connectivity index (χ4n) is 2.29. The van der Waals surface area contributed by atoms with Crippen LogP contribution in [0.5, 0.6) is 0 Å². The molecule has 0 unspecified atom stereocenters. The predicted molar refractivity (Wildman–Crippen MR) is 64.0 cm³/mol. The second-order valence-electron chi connectivity index (χ2n) is 4.23. The molecule has 0 bridgehead atoms. The van der Waals surface area contributed by atoms with E-state index in [-0.39, 0.29) is 17.6 Å². The normalized spacial score (nSPS) is 17.0. The van der Waals surface area contributed by atoms with E-state index >= 15 is 0 Å². The Morgan fingerprint density at radius 3 is 2.71 bits per heavy atom. The number of hydrogen-bond donors (Lipinski definition) is 3. The predicted octanol–water partition coefficient (Wildman–Crippen LogP) is -0.0829. The summed E-state index contributed by atoms with van der Waals surface area (Å²) in [6.07, 6.45) is 3.37. The summed E-state index contributed by atoms with van der Waals surface area (Å²) in [7, 11) is 0. The van der Waals surface area contributed by atoms with E-state index in [0.717, 1.165) is 25.9 Å². The standard InChI is InChI=1S/C11H18N4O2/c1-2-15(8-3-5-12-6-4-8)10(16)9-7-13-11(17)14-9/h7-8,12H,2-6H2,1H3,(H2,13,14,17). The number of hydrogen-bond acceptors (Lipinski definition) is 3. The quantitative estimate of drug-likeness (QED) is 0.689. The number of aromatic nitrogens is 2. The van der Waals surface area contributed by atoms with E-state index in [1.807, 2.05) is 11.8 Å². The number of nitrogens with zero attached hydrogens (tertiary/aromatic N) is 1. The Labute approximate surface area is 99.4 Å². The van der Waals surface area contributed by atoms with Gasteiger partial charge in [0.15, 0.2) is 0 Å². The number of carbonyl (C=O) groups is 1. The summed E-state index contributed by atoms with van der Waals surface area (Å²) in [5, 5.41) is 3.27. The Hall–Kier alpha value is -1.56. The molecular weight excluding hydrogens is 220 g/mol. The van der Waals surface area contributed by atoms with E-state index in [2.05, 4.69) is 15.3 Å². The van der Waals surface area contributed by atoms with Crippen molar-refractivity contribution in [2.24, 2.45) is 0 Å². The van der Waals surface area contributed by atoms with E-state index in [4.69, 9.17) is 0 Å². The molecule has 0 saturated carbocycles. The van der Waals surface area contributed by atoms with Crippen LogP contribution in [0.15, 0.2) is 11.0 Å². The summed E-state index contributed by atoms with van der Waals surface area (Å²) in [6.45, 7) is 4.51. The number of nitrogens with one attached hydrogen (secondary N) is 3. The van der Waals surface area contributed by atoms with Gasteiger partial charge in [-0.2, -0.15) is 0 Å². The summed E-state index contributed by atoms with van der Waals surface area (Å²) in [5.41, 5.74) is 0.00472. The fourth-order valence-corrected chi connectivity index (χ4v) is 2.29. The average molecular weight is 238 g/mol. The molecule has 2 heterocycles. The number of imidazole rings is 1. The highest BCUT2D eigenvalue weighted by Gasteiger charge is 2.25. The van der Waals surface area contributed by atoms with Crippen molar-refractivity contribution in [3.63, 3.8) is 0 Å². The molecule has 2 rings (SSSR count). The molecule has 0 atom stereocenters. The van der Waals surface area contributed by atoms with Gasteiger partial charge in [-0.05, 0) is 32.9 Å². The molecule has 0 spiro atoms. The van der Waals surface area contributed by atoms with Gasteiger partial charge in [-0.1, -0.05) is 0 Å². The number of rotatable bonds is 3. The third kappa shape index (κ3) is 2.58. The molecule has 6 nitrogen and oxygen atoms in total. The third-order valence-electron chi connectivity index (χ3n) is 3.18. The zero-order valence-corrected chi connectivity index (χ0v) is 9.95. The molecule has 17 heavy (non-hydrogen) atoms. The Morgan fingerprint density at radius 2 is 2.18 bits per heavy atom. The summed E-state index contributed by atoms with van der Waals surface area (Å²) in [6, 6.07) is 0.271. The smallest absolute Gasteiger partial charge is 0.323 e. The van der Waals surface area contributed by atoms with Crippen molar-refractivity contribution in [2.45, 2.75) is 25.8 Å².